The molecule has 0 radical (unpaired) electrons. The van der Waals surface area contributed by atoms with Gasteiger partial charge in [-0.1, -0.05) is 99.1 Å². The normalized spacial score (nSPS) is 12.5. The standard InChI is InChI=1S/C27H32ClNO.ClH/c1-27(2,3)23-15-20(16-24(28)17-23)18-30-19-25(29-4)26(21-11-7-5-8-12-21)22-13-9-6-10-14-22;/h5-17,25-26,29H,18-19H2,1-4H3;1H/t25-;/m1./s1. The van der Waals surface area contributed by atoms with Crippen LogP contribution in [0.1, 0.15) is 48.9 Å². The fourth-order valence-corrected chi connectivity index (χ4v) is 4.05. The van der Waals surface area contributed by atoms with Crippen molar-refractivity contribution in [2.24, 2.45) is 0 Å². The van der Waals surface area contributed by atoms with Crippen LogP contribution in [0.25, 0.3) is 0 Å². The first-order valence-corrected chi connectivity index (χ1v) is 10.9. The van der Waals surface area contributed by atoms with Gasteiger partial charge in [0.15, 0.2) is 0 Å². The van der Waals surface area contributed by atoms with Crippen molar-refractivity contribution in [2.75, 3.05) is 13.7 Å². The van der Waals surface area contributed by atoms with Crippen LogP contribution in [0.4, 0.5) is 0 Å². The molecule has 0 aliphatic heterocycles. The second kappa shape index (κ2) is 11.7. The van der Waals surface area contributed by atoms with E-state index in [1.54, 1.807) is 0 Å². The van der Waals surface area contributed by atoms with Gasteiger partial charge in [0.25, 0.3) is 0 Å². The molecular formula is C27H33Cl2NO. The van der Waals surface area contributed by atoms with Gasteiger partial charge in [0.1, 0.15) is 0 Å². The topological polar surface area (TPSA) is 21.3 Å². The lowest BCUT2D eigenvalue weighted by Crippen LogP contribution is -2.37. The summed E-state index contributed by atoms with van der Waals surface area (Å²) >= 11 is 6.37. The molecule has 1 N–H and O–H groups in total. The zero-order chi connectivity index (χ0) is 21.6. The van der Waals surface area contributed by atoms with Gasteiger partial charge in [-0.25, -0.2) is 0 Å². The van der Waals surface area contributed by atoms with E-state index in [4.69, 9.17) is 16.3 Å². The molecule has 3 aromatic carbocycles. The van der Waals surface area contributed by atoms with E-state index in [9.17, 15) is 0 Å². The first kappa shape index (κ1) is 25.4. The third-order valence-electron chi connectivity index (χ3n) is 5.48. The molecule has 0 amide bonds. The number of nitrogens with one attached hydrogen (secondary N) is 1. The van der Waals surface area contributed by atoms with E-state index in [-0.39, 0.29) is 29.8 Å². The van der Waals surface area contributed by atoms with Crippen LogP contribution in [0.3, 0.4) is 0 Å². The highest BCUT2D eigenvalue weighted by atomic mass is 35.5. The highest BCUT2D eigenvalue weighted by Gasteiger charge is 2.24. The van der Waals surface area contributed by atoms with E-state index in [2.05, 4.69) is 92.8 Å². The molecule has 0 bridgehead atoms. The Morgan fingerprint density at radius 2 is 1.42 bits per heavy atom. The van der Waals surface area contributed by atoms with Crippen LogP contribution in [-0.4, -0.2) is 19.7 Å². The molecule has 3 rings (SSSR count). The molecule has 0 unspecified atom stereocenters. The Morgan fingerprint density at radius 3 is 1.90 bits per heavy atom. The smallest absolute Gasteiger partial charge is 0.0718 e. The van der Waals surface area contributed by atoms with Crippen molar-refractivity contribution in [2.45, 2.75) is 44.8 Å². The van der Waals surface area contributed by atoms with Crippen molar-refractivity contribution in [3.05, 3.63) is 106 Å². The van der Waals surface area contributed by atoms with Crippen molar-refractivity contribution in [1.29, 1.82) is 0 Å². The maximum absolute atomic E-state index is 6.37. The zero-order valence-electron chi connectivity index (χ0n) is 18.8. The summed E-state index contributed by atoms with van der Waals surface area (Å²) in [7, 11) is 2.00. The first-order chi connectivity index (χ1) is 14.4. The Balaban J connectivity index is 0.00000341. The van der Waals surface area contributed by atoms with Crippen molar-refractivity contribution in [3.8, 4) is 0 Å². The van der Waals surface area contributed by atoms with Crippen LogP contribution in [0.15, 0.2) is 78.9 Å². The number of hydrogen-bond acceptors (Lipinski definition) is 2. The second-order valence-corrected chi connectivity index (χ2v) is 9.24. The molecule has 0 spiro atoms. The van der Waals surface area contributed by atoms with Crippen molar-refractivity contribution in [1.82, 2.24) is 5.32 Å². The summed E-state index contributed by atoms with van der Waals surface area (Å²) < 4.78 is 6.20. The van der Waals surface area contributed by atoms with Crippen LogP contribution in [0.2, 0.25) is 5.02 Å². The minimum Gasteiger partial charge on any atom is -0.375 e. The van der Waals surface area contributed by atoms with Gasteiger partial charge in [-0.05, 0) is 46.8 Å². The molecule has 0 heterocycles. The van der Waals surface area contributed by atoms with Crippen molar-refractivity contribution >= 4 is 24.0 Å². The Bertz CT molecular complexity index is 883. The van der Waals surface area contributed by atoms with E-state index in [1.807, 2.05) is 19.2 Å². The molecule has 0 aliphatic rings. The lowest BCUT2D eigenvalue weighted by Gasteiger charge is -2.28. The summed E-state index contributed by atoms with van der Waals surface area (Å²) in [6, 6.07) is 27.6. The maximum Gasteiger partial charge on any atom is 0.0718 e. The summed E-state index contributed by atoms with van der Waals surface area (Å²) in [5.41, 5.74) is 4.95. The van der Waals surface area contributed by atoms with E-state index in [0.717, 1.165) is 10.6 Å². The molecule has 31 heavy (non-hydrogen) atoms. The Labute approximate surface area is 198 Å². The van der Waals surface area contributed by atoms with E-state index < -0.39 is 0 Å². The van der Waals surface area contributed by atoms with Crippen LogP contribution in [0, 0.1) is 0 Å². The van der Waals surface area contributed by atoms with E-state index in [0.29, 0.717) is 13.2 Å². The number of rotatable bonds is 8. The fourth-order valence-electron chi connectivity index (χ4n) is 3.79. The molecule has 0 saturated heterocycles. The minimum atomic E-state index is 0. The summed E-state index contributed by atoms with van der Waals surface area (Å²) in [6.07, 6.45) is 0. The Kier molecular flexibility index (Phi) is 9.58. The van der Waals surface area contributed by atoms with Crippen LogP contribution in [0.5, 0.6) is 0 Å². The second-order valence-electron chi connectivity index (χ2n) is 8.81. The van der Waals surface area contributed by atoms with Crippen molar-refractivity contribution in [3.63, 3.8) is 0 Å². The summed E-state index contributed by atoms with van der Waals surface area (Å²) in [4.78, 5) is 0. The SMILES string of the molecule is CN[C@H](COCc1cc(Cl)cc(C(C)(C)C)c1)C(c1ccccc1)c1ccccc1.Cl. The molecule has 166 valence electrons. The van der Waals surface area contributed by atoms with Gasteiger partial charge in [-0.3, -0.25) is 0 Å². The Morgan fingerprint density at radius 1 is 0.871 bits per heavy atom. The number of likely N-dealkylation sites (N-methyl/N-ethyl adjacent to an activating group) is 1. The third-order valence-corrected chi connectivity index (χ3v) is 5.70. The molecule has 0 fully saturated rings. The molecule has 0 aromatic heterocycles. The van der Waals surface area contributed by atoms with Crippen LogP contribution >= 0.6 is 24.0 Å². The first-order valence-electron chi connectivity index (χ1n) is 10.5. The molecule has 0 aliphatic carbocycles. The number of benzene rings is 3. The Hall–Kier alpha value is -1.84. The third kappa shape index (κ3) is 7.08. The summed E-state index contributed by atoms with van der Waals surface area (Å²) in [5, 5.41) is 4.24. The van der Waals surface area contributed by atoms with Gasteiger partial charge in [-0.15, -0.1) is 12.4 Å². The van der Waals surface area contributed by atoms with Gasteiger partial charge < -0.3 is 10.1 Å². The number of halogens is 2. The average molecular weight is 458 g/mol. The summed E-state index contributed by atoms with van der Waals surface area (Å²) in [5.74, 6) is 0.210. The lowest BCUT2D eigenvalue weighted by atomic mass is 9.85. The molecular weight excluding hydrogens is 425 g/mol. The van der Waals surface area contributed by atoms with Gasteiger partial charge in [0.2, 0.25) is 0 Å². The quantitative estimate of drug-likeness (QED) is 0.393. The summed E-state index contributed by atoms with van der Waals surface area (Å²) in [6.45, 7) is 7.74. The van der Waals surface area contributed by atoms with Gasteiger partial charge in [-0.2, -0.15) is 0 Å². The minimum absolute atomic E-state index is 0. The van der Waals surface area contributed by atoms with E-state index in [1.165, 1.54) is 16.7 Å². The fraction of sp³-hybridized carbons (Fsp3) is 0.333. The average Bonchev–Trinajstić information content (AvgIpc) is 2.73. The molecule has 0 saturated carbocycles. The van der Waals surface area contributed by atoms with E-state index >= 15 is 0 Å². The van der Waals surface area contributed by atoms with Gasteiger partial charge >= 0.3 is 0 Å². The number of hydrogen-bond donors (Lipinski definition) is 1. The zero-order valence-corrected chi connectivity index (χ0v) is 20.3. The van der Waals surface area contributed by atoms with Gasteiger partial charge in [0, 0.05) is 17.0 Å². The highest BCUT2D eigenvalue weighted by Crippen LogP contribution is 2.29. The molecule has 1 atom stereocenters. The largest absolute Gasteiger partial charge is 0.375 e. The van der Waals surface area contributed by atoms with Gasteiger partial charge in [0.05, 0.1) is 13.2 Å². The van der Waals surface area contributed by atoms with Crippen molar-refractivity contribution < 1.29 is 4.74 Å². The highest BCUT2D eigenvalue weighted by molar-refractivity contribution is 6.30. The molecule has 2 nitrogen and oxygen atoms in total. The van der Waals surface area contributed by atoms with Crippen LogP contribution in [-0.2, 0) is 16.8 Å². The van der Waals surface area contributed by atoms with Crippen LogP contribution < -0.4 is 5.32 Å². The predicted octanol–water partition coefficient (Wildman–Crippen LogP) is 7.00. The number of ether oxygens (including phenoxy) is 1. The molecule has 3 aromatic rings. The molecule has 4 heteroatoms. The lowest BCUT2D eigenvalue weighted by molar-refractivity contribution is 0.0963. The predicted molar refractivity (Wildman–Crippen MR) is 135 cm³/mol. The maximum atomic E-state index is 6.37. The monoisotopic (exact) mass is 457 g/mol.